The second-order valence-electron chi connectivity index (χ2n) is 5.89. The van der Waals surface area contributed by atoms with Gasteiger partial charge in [-0.2, -0.15) is 0 Å². The first-order valence-electron chi connectivity index (χ1n) is 8.58. The van der Waals surface area contributed by atoms with Crippen LogP contribution >= 0.6 is 0 Å². The number of carboxylic acid groups (broad SMARTS) is 1. The molecule has 0 aromatic heterocycles. The van der Waals surface area contributed by atoms with E-state index in [1.807, 2.05) is 0 Å². The maximum Gasteiger partial charge on any atom is 0.303 e. The standard InChI is InChI=1S/C20H22N2O6/c1-27-15-10-11-16(17(12-15)28-2)22-20(26)13-6-8-14(9-7-13)21-18(23)4-3-5-19(24)25/h6-12H,3-5H2,1-2H3,(H,21,23)(H,22,26)(H,24,25). The molecule has 0 heterocycles. The van der Waals surface area contributed by atoms with Crippen molar-refractivity contribution in [2.45, 2.75) is 19.3 Å². The molecule has 0 bridgehead atoms. The molecule has 148 valence electrons. The van der Waals surface area contributed by atoms with Gasteiger partial charge in [0.2, 0.25) is 5.91 Å². The number of aliphatic carboxylic acids is 1. The van der Waals surface area contributed by atoms with Crippen LogP contribution in [0.15, 0.2) is 42.5 Å². The lowest BCUT2D eigenvalue weighted by Crippen LogP contribution is -2.14. The number of rotatable bonds is 9. The van der Waals surface area contributed by atoms with E-state index in [9.17, 15) is 14.4 Å². The van der Waals surface area contributed by atoms with Crippen LogP contribution < -0.4 is 20.1 Å². The third-order valence-electron chi connectivity index (χ3n) is 3.88. The molecule has 0 aliphatic rings. The van der Waals surface area contributed by atoms with Gasteiger partial charge < -0.3 is 25.2 Å². The van der Waals surface area contributed by atoms with E-state index in [-0.39, 0.29) is 31.1 Å². The van der Waals surface area contributed by atoms with Crippen LogP contribution in [0.4, 0.5) is 11.4 Å². The summed E-state index contributed by atoms with van der Waals surface area (Å²) in [5, 5.41) is 14.0. The fourth-order valence-electron chi connectivity index (χ4n) is 2.42. The Labute approximate surface area is 162 Å². The van der Waals surface area contributed by atoms with Crippen molar-refractivity contribution in [3.63, 3.8) is 0 Å². The smallest absolute Gasteiger partial charge is 0.303 e. The number of benzene rings is 2. The normalized spacial score (nSPS) is 10.1. The average Bonchev–Trinajstić information content (AvgIpc) is 2.68. The fourth-order valence-corrected chi connectivity index (χ4v) is 2.42. The molecule has 0 aliphatic heterocycles. The molecule has 0 fully saturated rings. The molecule has 0 radical (unpaired) electrons. The summed E-state index contributed by atoms with van der Waals surface area (Å²) in [7, 11) is 3.04. The van der Waals surface area contributed by atoms with Crippen LogP contribution in [-0.4, -0.2) is 37.1 Å². The minimum Gasteiger partial charge on any atom is -0.497 e. The van der Waals surface area contributed by atoms with E-state index in [0.29, 0.717) is 28.4 Å². The Kier molecular flexibility index (Phi) is 7.38. The van der Waals surface area contributed by atoms with E-state index in [4.69, 9.17) is 14.6 Å². The number of hydrogen-bond acceptors (Lipinski definition) is 5. The number of carbonyl (C=O) groups excluding carboxylic acids is 2. The predicted molar refractivity (Wildman–Crippen MR) is 104 cm³/mol. The van der Waals surface area contributed by atoms with E-state index < -0.39 is 5.97 Å². The number of amides is 2. The Balaban J connectivity index is 1.96. The van der Waals surface area contributed by atoms with Crippen molar-refractivity contribution in [2.75, 3.05) is 24.9 Å². The van der Waals surface area contributed by atoms with Crippen molar-refractivity contribution in [3.8, 4) is 11.5 Å². The maximum atomic E-state index is 12.4. The molecule has 2 rings (SSSR count). The van der Waals surface area contributed by atoms with Gasteiger partial charge in [-0.3, -0.25) is 14.4 Å². The highest BCUT2D eigenvalue weighted by atomic mass is 16.5. The Morgan fingerprint density at radius 3 is 2.25 bits per heavy atom. The molecule has 0 saturated carbocycles. The first kappa shape index (κ1) is 20.8. The molecule has 0 unspecified atom stereocenters. The zero-order valence-corrected chi connectivity index (χ0v) is 15.7. The number of carboxylic acids is 1. The van der Waals surface area contributed by atoms with E-state index in [1.165, 1.54) is 7.11 Å². The monoisotopic (exact) mass is 386 g/mol. The van der Waals surface area contributed by atoms with Crippen LogP contribution in [0.3, 0.4) is 0 Å². The zero-order valence-electron chi connectivity index (χ0n) is 15.7. The van der Waals surface area contributed by atoms with Crippen LogP contribution in [-0.2, 0) is 9.59 Å². The van der Waals surface area contributed by atoms with Crippen molar-refractivity contribution in [2.24, 2.45) is 0 Å². The Hall–Kier alpha value is -3.55. The van der Waals surface area contributed by atoms with E-state index in [1.54, 1.807) is 49.6 Å². The molecule has 2 aromatic carbocycles. The number of ether oxygens (including phenoxy) is 2. The van der Waals surface area contributed by atoms with Crippen LogP contribution in [0.25, 0.3) is 0 Å². The maximum absolute atomic E-state index is 12.4. The Morgan fingerprint density at radius 2 is 1.64 bits per heavy atom. The Bertz CT molecular complexity index is 848. The summed E-state index contributed by atoms with van der Waals surface area (Å²) < 4.78 is 10.4. The highest BCUT2D eigenvalue weighted by molar-refractivity contribution is 6.05. The van der Waals surface area contributed by atoms with Gasteiger partial charge >= 0.3 is 5.97 Å². The van der Waals surface area contributed by atoms with E-state index in [2.05, 4.69) is 10.6 Å². The molecule has 0 atom stereocenters. The molecule has 8 heteroatoms. The summed E-state index contributed by atoms with van der Waals surface area (Å²) in [6.07, 6.45) is 0.332. The second kappa shape index (κ2) is 9.96. The average molecular weight is 386 g/mol. The Morgan fingerprint density at radius 1 is 0.929 bits per heavy atom. The summed E-state index contributed by atoms with van der Waals surface area (Å²) in [5.74, 6) is -0.461. The van der Waals surface area contributed by atoms with Gasteiger partial charge in [-0.1, -0.05) is 0 Å². The highest BCUT2D eigenvalue weighted by Gasteiger charge is 2.11. The van der Waals surface area contributed by atoms with E-state index >= 15 is 0 Å². The molecule has 28 heavy (non-hydrogen) atoms. The molecule has 0 spiro atoms. The minimum absolute atomic E-state index is 0.0542. The quantitative estimate of drug-likeness (QED) is 0.610. The zero-order chi connectivity index (χ0) is 20.5. The molecular weight excluding hydrogens is 364 g/mol. The van der Waals surface area contributed by atoms with Gasteiger partial charge in [-0.25, -0.2) is 0 Å². The number of hydrogen-bond donors (Lipinski definition) is 3. The number of nitrogens with one attached hydrogen (secondary N) is 2. The van der Waals surface area contributed by atoms with Crippen LogP contribution in [0.1, 0.15) is 29.6 Å². The van der Waals surface area contributed by atoms with Gasteiger partial charge in [0, 0.05) is 30.2 Å². The van der Waals surface area contributed by atoms with Gasteiger partial charge in [-0.05, 0) is 42.8 Å². The van der Waals surface area contributed by atoms with Gasteiger partial charge in [0.25, 0.3) is 5.91 Å². The molecule has 8 nitrogen and oxygen atoms in total. The third-order valence-corrected chi connectivity index (χ3v) is 3.88. The van der Waals surface area contributed by atoms with Gasteiger partial charge in [0.15, 0.2) is 0 Å². The van der Waals surface area contributed by atoms with Crippen molar-refractivity contribution in [1.29, 1.82) is 0 Å². The number of methoxy groups -OCH3 is 2. The molecule has 2 aromatic rings. The molecule has 0 saturated heterocycles. The van der Waals surface area contributed by atoms with E-state index in [0.717, 1.165) is 0 Å². The summed E-state index contributed by atoms with van der Waals surface area (Å²) in [5.41, 5.74) is 1.43. The SMILES string of the molecule is COc1ccc(NC(=O)c2ccc(NC(=O)CCCC(=O)O)cc2)c(OC)c1. The van der Waals surface area contributed by atoms with Crippen LogP contribution in [0.5, 0.6) is 11.5 Å². The summed E-state index contributed by atoms with van der Waals surface area (Å²) in [6.45, 7) is 0. The van der Waals surface area contributed by atoms with Gasteiger partial charge in [0.1, 0.15) is 11.5 Å². The second-order valence-corrected chi connectivity index (χ2v) is 5.89. The topological polar surface area (TPSA) is 114 Å². The summed E-state index contributed by atoms with van der Waals surface area (Å²) in [6, 6.07) is 11.4. The fraction of sp³-hybridized carbons (Fsp3) is 0.250. The number of anilines is 2. The lowest BCUT2D eigenvalue weighted by Gasteiger charge is -2.12. The van der Waals surface area contributed by atoms with Crippen LogP contribution in [0, 0.1) is 0 Å². The van der Waals surface area contributed by atoms with Gasteiger partial charge in [0.05, 0.1) is 19.9 Å². The number of carbonyl (C=O) groups is 3. The molecule has 0 aliphatic carbocycles. The summed E-state index contributed by atoms with van der Waals surface area (Å²) >= 11 is 0. The highest BCUT2D eigenvalue weighted by Crippen LogP contribution is 2.29. The minimum atomic E-state index is -0.934. The van der Waals surface area contributed by atoms with Crippen molar-refractivity contribution < 1.29 is 29.0 Å². The lowest BCUT2D eigenvalue weighted by atomic mass is 10.1. The molecule has 3 N–H and O–H groups in total. The van der Waals surface area contributed by atoms with Crippen molar-refractivity contribution in [3.05, 3.63) is 48.0 Å². The molecule has 2 amide bonds. The predicted octanol–water partition coefficient (Wildman–Crippen LogP) is 3.15. The first-order chi connectivity index (χ1) is 13.4. The van der Waals surface area contributed by atoms with Crippen molar-refractivity contribution >= 4 is 29.2 Å². The third kappa shape index (κ3) is 6.01. The first-order valence-corrected chi connectivity index (χ1v) is 8.58. The largest absolute Gasteiger partial charge is 0.497 e. The van der Waals surface area contributed by atoms with Crippen molar-refractivity contribution in [1.82, 2.24) is 0 Å². The lowest BCUT2D eigenvalue weighted by molar-refractivity contribution is -0.137. The molecular formula is C20H22N2O6. The van der Waals surface area contributed by atoms with Gasteiger partial charge in [-0.15, -0.1) is 0 Å². The van der Waals surface area contributed by atoms with Crippen LogP contribution in [0.2, 0.25) is 0 Å². The summed E-state index contributed by atoms with van der Waals surface area (Å²) in [4.78, 5) is 34.7.